The average molecular weight is 262 g/mol. The molecule has 1 heterocycles. The number of carboxylic acid groups (broad SMARTS) is 1. The molecule has 1 aliphatic carbocycles. The second-order valence-corrected chi connectivity index (χ2v) is 5.48. The molecule has 17 heavy (non-hydrogen) atoms. The largest absolute Gasteiger partial charge is 0.481 e. The smallest absolute Gasteiger partial charge is 0.310 e. The topological polar surface area (TPSA) is 40.5 Å². The lowest BCUT2D eigenvalue weighted by Crippen LogP contribution is -2.41. The minimum atomic E-state index is -0.561. The van der Waals surface area contributed by atoms with Gasteiger partial charge in [-0.2, -0.15) is 0 Å². The van der Waals surface area contributed by atoms with Gasteiger partial charge in [0.2, 0.25) is 0 Å². The maximum atomic E-state index is 11.5. The molecule has 100 valence electrons. The molecule has 0 bridgehead atoms. The Morgan fingerprint density at radius 3 is 2.00 bits per heavy atom. The van der Waals surface area contributed by atoms with Crippen LogP contribution in [0.25, 0.3) is 0 Å². The molecule has 2 fully saturated rings. The first-order chi connectivity index (χ1) is 7.73. The molecule has 0 aromatic carbocycles. The zero-order valence-corrected chi connectivity index (χ0v) is 11.3. The number of nitrogens with zero attached hydrogens (tertiary/aromatic N) is 1. The van der Waals surface area contributed by atoms with Crippen LogP contribution in [0.5, 0.6) is 0 Å². The maximum Gasteiger partial charge on any atom is 0.310 e. The standard InChI is InChI=1S/C13H23NO2.ClH/c15-12(16)13(7-3-4-8-13)11-14-9-5-1-2-6-10-14;/h1-11H2,(H,15,16);1H. The van der Waals surface area contributed by atoms with Gasteiger partial charge in [0.25, 0.3) is 0 Å². The molecule has 0 atom stereocenters. The van der Waals surface area contributed by atoms with Gasteiger partial charge >= 0.3 is 5.97 Å². The fourth-order valence-corrected chi connectivity index (χ4v) is 3.21. The van der Waals surface area contributed by atoms with Crippen molar-refractivity contribution < 1.29 is 9.90 Å². The molecule has 2 aliphatic rings. The van der Waals surface area contributed by atoms with Crippen LogP contribution in [0.3, 0.4) is 0 Å². The lowest BCUT2D eigenvalue weighted by molar-refractivity contribution is -0.149. The number of rotatable bonds is 3. The lowest BCUT2D eigenvalue weighted by Gasteiger charge is -2.31. The number of halogens is 1. The summed E-state index contributed by atoms with van der Waals surface area (Å²) in [6.07, 6.45) is 9.09. The summed E-state index contributed by atoms with van der Waals surface area (Å²) in [6, 6.07) is 0. The van der Waals surface area contributed by atoms with Gasteiger partial charge in [0.1, 0.15) is 0 Å². The van der Waals surface area contributed by atoms with Crippen molar-refractivity contribution in [3.05, 3.63) is 0 Å². The Bertz CT molecular complexity index is 244. The number of aliphatic carboxylic acids is 1. The number of carboxylic acids is 1. The van der Waals surface area contributed by atoms with E-state index in [0.29, 0.717) is 0 Å². The summed E-state index contributed by atoms with van der Waals surface area (Å²) < 4.78 is 0. The lowest BCUT2D eigenvalue weighted by atomic mass is 9.85. The molecule has 0 aromatic heterocycles. The molecule has 1 aliphatic heterocycles. The van der Waals surface area contributed by atoms with Crippen molar-refractivity contribution in [2.45, 2.75) is 51.4 Å². The van der Waals surface area contributed by atoms with Crippen LogP contribution in [0.1, 0.15) is 51.4 Å². The highest BCUT2D eigenvalue weighted by Crippen LogP contribution is 2.39. The van der Waals surface area contributed by atoms with Crippen LogP contribution in [0.15, 0.2) is 0 Å². The summed E-state index contributed by atoms with van der Waals surface area (Å²) in [7, 11) is 0. The molecule has 0 unspecified atom stereocenters. The quantitative estimate of drug-likeness (QED) is 0.849. The highest BCUT2D eigenvalue weighted by atomic mass is 35.5. The van der Waals surface area contributed by atoms with Crippen molar-refractivity contribution in [2.75, 3.05) is 19.6 Å². The summed E-state index contributed by atoms with van der Waals surface area (Å²) in [5.41, 5.74) is -0.412. The normalized spacial score (nSPS) is 24.9. The summed E-state index contributed by atoms with van der Waals surface area (Å²) >= 11 is 0. The van der Waals surface area contributed by atoms with E-state index in [9.17, 15) is 9.90 Å². The Morgan fingerprint density at radius 2 is 1.53 bits per heavy atom. The first-order valence-electron chi connectivity index (χ1n) is 6.69. The van der Waals surface area contributed by atoms with E-state index < -0.39 is 11.4 Å². The van der Waals surface area contributed by atoms with E-state index in [1.165, 1.54) is 25.7 Å². The molecule has 0 radical (unpaired) electrons. The van der Waals surface area contributed by atoms with E-state index in [0.717, 1.165) is 45.3 Å². The van der Waals surface area contributed by atoms with Crippen molar-refractivity contribution in [3.8, 4) is 0 Å². The summed E-state index contributed by atoms with van der Waals surface area (Å²) in [6.45, 7) is 3.01. The summed E-state index contributed by atoms with van der Waals surface area (Å²) in [5.74, 6) is -0.561. The third-order valence-corrected chi connectivity index (χ3v) is 4.24. The van der Waals surface area contributed by atoms with Crippen LogP contribution in [-0.2, 0) is 4.79 Å². The molecule has 4 heteroatoms. The van der Waals surface area contributed by atoms with E-state index in [1.807, 2.05) is 0 Å². The highest BCUT2D eigenvalue weighted by molar-refractivity contribution is 5.85. The second-order valence-electron chi connectivity index (χ2n) is 5.48. The first kappa shape index (κ1) is 14.8. The number of hydrogen-bond acceptors (Lipinski definition) is 2. The van der Waals surface area contributed by atoms with E-state index >= 15 is 0 Å². The van der Waals surface area contributed by atoms with Crippen molar-refractivity contribution in [3.63, 3.8) is 0 Å². The molecule has 0 spiro atoms. The number of carbonyl (C=O) groups is 1. The number of hydrogen-bond donors (Lipinski definition) is 1. The van der Waals surface area contributed by atoms with Gasteiger partial charge in [-0.15, -0.1) is 12.4 Å². The van der Waals surface area contributed by atoms with Crippen molar-refractivity contribution >= 4 is 18.4 Å². The first-order valence-corrected chi connectivity index (χ1v) is 6.69. The fourth-order valence-electron chi connectivity index (χ4n) is 3.21. The van der Waals surface area contributed by atoms with Crippen LogP contribution in [0, 0.1) is 5.41 Å². The third-order valence-electron chi connectivity index (χ3n) is 4.24. The van der Waals surface area contributed by atoms with Gasteiger partial charge < -0.3 is 10.0 Å². The van der Waals surface area contributed by atoms with Crippen molar-refractivity contribution in [1.82, 2.24) is 4.90 Å². The predicted molar refractivity (Wildman–Crippen MR) is 70.7 cm³/mol. The van der Waals surface area contributed by atoms with Crippen LogP contribution in [0.4, 0.5) is 0 Å². The average Bonchev–Trinajstić information content (AvgIpc) is 2.58. The monoisotopic (exact) mass is 261 g/mol. The summed E-state index contributed by atoms with van der Waals surface area (Å²) in [5, 5.41) is 9.44. The Hall–Kier alpha value is -0.280. The molecule has 2 rings (SSSR count). The second kappa shape index (κ2) is 6.60. The van der Waals surface area contributed by atoms with Gasteiger partial charge in [-0.3, -0.25) is 4.79 Å². The van der Waals surface area contributed by atoms with Crippen LogP contribution in [0.2, 0.25) is 0 Å². The Labute approximate surface area is 110 Å². The Morgan fingerprint density at radius 1 is 1.00 bits per heavy atom. The third kappa shape index (κ3) is 3.59. The Kier molecular flexibility index (Phi) is 5.74. The van der Waals surface area contributed by atoms with Crippen molar-refractivity contribution in [2.24, 2.45) is 5.41 Å². The van der Waals surface area contributed by atoms with Gasteiger partial charge in [-0.25, -0.2) is 0 Å². The highest BCUT2D eigenvalue weighted by Gasteiger charge is 2.42. The van der Waals surface area contributed by atoms with Gasteiger partial charge in [0.15, 0.2) is 0 Å². The van der Waals surface area contributed by atoms with Gasteiger partial charge in [-0.1, -0.05) is 25.7 Å². The molecular formula is C13H24ClNO2. The molecular weight excluding hydrogens is 238 g/mol. The number of likely N-dealkylation sites (tertiary alicyclic amines) is 1. The van der Waals surface area contributed by atoms with Crippen molar-refractivity contribution in [1.29, 1.82) is 0 Å². The minimum absolute atomic E-state index is 0. The van der Waals surface area contributed by atoms with Gasteiger partial charge in [-0.05, 0) is 38.8 Å². The van der Waals surface area contributed by atoms with E-state index in [2.05, 4.69) is 4.90 Å². The minimum Gasteiger partial charge on any atom is -0.481 e. The van der Waals surface area contributed by atoms with E-state index in [-0.39, 0.29) is 12.4 Å². The molecule has 1 saturated heterocycles. The SMILES string of the molecule is Cl.O=C(O)C1(CN2CCCCCC2)CCCC1. The van der Waals surface area contributed by atoms with Gasteiger partial charge in [0, 0.05) is 6.54 Å². The van der Waals surface area contributed by atoms with Gasteiger partial charge in [0.05, 0.1) is 5.41 Å². The van der Waals surface area contributed by atoms with Crippen LogP contribution < -0.4 is 0 Å². The zero-order chi connectivity index (χ0) is 11.4. The molecule has 0 amide bonds. The van der Waals surface area contributed by atoms with Crippen LogP contribution >= 0.6 is 12.4 Å². The Balaban J connectivity index is 0.00000144. The summed E-state index contributed by atoms with van der Waals surface area (Å²) in [4.78, 5) is 13.9. The molecule has 0 aromatic rings. The fraction of sp³-hybridized carbons (Fsp3) is 0.923. The molecule has 1 saturated carbocycles. The predicted octanol–water partition coefficient (Wildman–Crippen LogP) is 2.93. The van der Waals surface area contributed by atoms with Crippen LogP contribution in [-0.4, -0.2) is 35.6 Å². The van der Waals surface area contributed by atoms with E-state index in [1.54, 1.807) is 0 Å². The maximum absolute atomic E-state index is 11.5. The van der Waals surface area contributed by atoms with E-state index in [4.69, 9.17) is 0 Å². The zero-order valence-electron chi connectivity index (χ0n) is 10.5. The molecule has 3 nitrogen and oxygen atoms in total. The molecule has 1 N–H and O–H groups in total.